The molecule has 0 saturated heterocycles. The molecule has 2 aromatic heterocycles. The van der Waals surface area contributed by atoms with E-state index in [0.717, 1.165) is 34.3 Å². The summed E-state index contributed by atoms with van der Waals surface area (Å²) in [4.78, 5) is 19.7. The number of benzene rings is 1. The minimum atomic E-state index is -0.142. The fourth-order valence-electron chi connectivity index (χ4n) is 2.10. The summed E-state index contributed by atoms with van der Waals surface area (Å²) in [6.45, 7) is 2.06. The van der Waals surface area contributed by atoms with Gasteiger partial charge < -0.3 is 10.7 Å². The predicted molar refractivity (Wildman–Crippen MR) is 83.5 cm³/mol. The highest BCUT2D eigenvalue weighted by Gasteiger charge is 2.08. The van der Waals surface area contributed by atoms with Crippen molar-refractivity contribution in [2.24, 2.45) is 0 Å². The molecule has 0 aliphatic heterocycles. The Bertz CT molecular complexity index is 839. The van der Waals surface area contributed by atoms with E-state index in [9.17, 15) is 4.79 Å². The number of nitrogens with one attached hydrogen (secondary N) is 2. The van der Waals surface area contributed by atoms with Gasteiger partial charge in [0.15, 0.2) is 5.16 Å². The van der Waals surface area contributed by atoms with Crippen LogP contribution in [0, 0.1) is 0 Å². The summed E-state index contributed by atoms with van der Waals surface area (Å²) in [7, 11) is 0. The number of H-pyrrole nitrogens is 2. The van der Waals surface area contributed by atoms with Gasteiger partial charge in [-0.25, -0.2) is 4.98 Å². The number of aromatic amines is 2. The monoisotopic (exact) mass is 301 g/mol. The number of anilines is 1. The number of nitrogens with zero attached hydrogens (tertiary/aromatic N) is 2. The van der Waals surface area contributed by atoms with Crippen LogP contribution in [-0.4, -0.2) is 20.2 Å². The molecule has 0 saturated carbocycles. The second-order valence-electron chi connectivity index (χ2n) is 4.74. The molecule has 3 rings (SSSR count). The lowest BCUT2D eigenvalue weighted by atomic mass is 10.2. The molecule has 0 aliphatic rings. The van der Waals surface area contributed by atoms with E-state index in [1.54, 1.807) is 6.20 Å². The van der Waals surface area contributed by atoms with E-state index in [4.69, 9.17) is 5.73 Å². The van der Waals surface area contributed by atoms with Gasteiger partial charge in [-0.15, -0.1) is 0 Å². The Labute approximate surface area is 125 Å². The standard InChI is InChI=1S/C14H15N5OS/c1-2-3-9-5-13(20)18-14(17-9)21-12-6-11-8(4-10(12)15)7-16-19-11/h4-7H,2-3,15H2,1H3,(H,16,19)(H,17,18,20). The molecule has 21 heavy (non-hydrogen) atoms. The maximum absolute atomic E-state index is 11.7. The third-order valence-electron chi connectivity index (χ3n) is 3.06. The molecule has 4 N–H and O–H groups in total. The van der Waals surface area contributed by atoms with Crippen LogP contribution in [0.25, 0.3) is 10.9 Å². The molecule has 0 aliphatic carbocycles. The zero-order valence-corrected chi connectivity index (χ0v) is 12.3. The topological polar surface area (TPSA) is 100 Å². The molecule has 0 spiro atoms. The van der Waals surface area contributed by atoms with E-state index in [1.165, 1.54) is 17.8 Å². The lowest BCUT2D eigenvalue weighted by molar-refractivity contribution is 0.816. The molecule has 3 aromatic rings. The fraction of sp³-hybridized carbons (Fsp3) is 0.214. The SMILES string of the molecule is CCCc1cc(=O)[nH]c(Sc2cc3[nH]ncc3cc2N)n1. The molecule has 108 valence electrons. The molecule has 0 bridgehead atoms. The zero-order valence-electron chi connectivity index (χ0n) is 11.5. The van der Waals surface area contributed by atoms with Crippen molar-refractivity contribution in [1.29, 1.82) is 0 Å². The summed E-state index contributed by atoms with van der Waals surface area (Å²) in [5.41, 5.74) is 8.24. The maximum Gasteiger partial charge on any atom is 0.251 e. The summed E-state index contributed by atoms with van der Waals surface area (Å²) in [6.07, 6.45) is 3.46. The fourth-order valence-corrected chi connectivity index (χ4v) is 2.97. The number of aryl methyl sites for hydroxylation is 1. The Morgan fingerprint density at radius 1 is 1.33 bits per heavy atom. The molecule has 0 radical (unpaired) electrons. The van der Waals surface area contributed by atoms with Gasteiger partial charge in [-0.2, -0.15) is 5.10 Å². The van der Waals surface area contributed by atoms with Crippen LogP contribution in [0.15, 0.2) is 39.2 Å². The molecule has 0 fully saturated rings. The molecule has 2 heterocycles. The molecule has 7 heteroatoms. The normalized spacial score (nSPS) is 11.1. The molecular formula is C14H15N5OS. The molecule has 0 atom stereocenters. The van der Waals surface area contributed by atoms with Crippen molar-refractivity contribution in [3.63, 3.8) is 0 Å². The highest BCUT2D eigenvalue weighted by Crippen LogP contribution is 2.32. The van der Waals surface area contributed by atoms with Crippen molar-refractivity contribution in [3.05, 3.63) is 40.4 Å². The van der Waals surface area contributed by atoms with Crippen molar-refractivity contribution in [2.45, 2.75) is 29.8 Å². The first-order valence-electron chi connectivity index (χ1n) is 6.66. The van der Waals surface area contributed by atoms with Gasteiger partial charge in [0, 0.05) is 27.7 Å². The van der Waals surface area contributed by atoms with Crippen molar-refractivity contribution >= 4 is 28.4 Å². The van der Waals surface area contributed by atoms with Gasteiger partial charge in [-0.3, -0.25) is 9.89 Å². The number of hydrogen-bond donors (Lipinski definition) is 3. The second kappa shape index (κ2) is 5.61. The Hall–Kier alpha value is -2.28. The van der Waals surface area contributed by atoms with Crippen LogP contribution in [0.3, 0.4) is 0 Å². The summed E-state index contributed by atoms with van der Waals surface area (Å²) in [5.74, 6) is 0. The second-order valence-corrected chi connectivity index (χ2v) is 5.77. The largest absolute Gasteiger partial charge is 0.398 e. The molecule has 6 nitrogen and oxygen atoms in total. The number of rotatable bonds is 4. The van der Waals surface area contributed by atoms with Gasteiger partial charge in [0.25, 0.3) is 5.56 Å². The lowest BCUT2D eigenvalue weighted by Crippen LogP contribution is -2.09. The smallest absolute Gasteiger partial charge is 0.251 e. The number of nitrogens with two attached hydrogens (primary N) is 1. The quantitative estimate of drug-likeness (QED) is 0.507. The molecule has 0 unspecified atom stereocenters. The first-order valence-corrected chi connectivity index (χ1v) is 7.48. The van der Waals surface area contributed by atoms with Gasteiger partial charge in [-0.1, -0.05) is 13.3 Å². The van der Waals surface area contributed by atoms with E-state index in [-0.39, 0.29) is 5.56 Å². The van der Waals surface area contributed by atoms with Gasteiger partial charge in [0.2, 0.25) is 0 Å². The van der Waals surface area contributed by atoms with Crippen LogP contribution in [0.1, 0.15) is 19.0 Å². The highest BCUT2D eigenvalue weighted by molar-refractivity contribution is 7.99. The zero-order chi connectivity index (χ0) is 14.8. The number of aromatic nitrogens is 4. The van der Waals surface area contributed by atoms with E-state index in [1.807, 2.05) is 12.1 Å². The van der Waals surface area contributed by atoms with Crippen molar-refractivity contribution in [3.8, 4) is 0 Å². The Morgan fingerprint density at radius 2 is 2.19 bits per heavy atom. The van der Waals surface area contributed by atoms with Gasteiger partial charge in [-0.05, 0) is 30.3 Å². The van der Waals surface area contributed by atoms with Crippen LogP contribution < -0.4 is 11.3 Å². The van der Waals surface area contributed by atoms with E-state index in [2.05, 4.69) is 27.1 Å². The Balaban J connectivity index is 1.97. The summed E-state index contributed by atoms with van der Waals surface area (Å²) < 4.78 is 0. The highest BCUT2D eigenvalue weighted by atomic mass is 32.2. The molecular weight excluding hydrogens is 286 g/mol. The summed E-state index contributed by atoms with van der Waals surface area (Å²) in [5, 5.41) is 8.39. The molecule has 0 amide bonds. The first kappa shape index (κ1) is 13.7. The Kier molecular flexibility index (Phi) is 3.66. The van der Waals surface area contributed by atoms with E-state index < -0.39 is 0 Å². The van der Waals surface area contributed by atoms with Gasteiger partial charge in [0.05, 0.1) is 11.7 Å². The number of fused-ring (bicyclic) bond motifs is 1. The van der Waals surface area contributed by atoms with Crippen LogP contribution in [0.5, 0.6) is 0 Å². The predicted octanol–water partition coefficient (Wildman–Crippen LogP) is 2.33. The average Bonchev–Trinajstić information content (AvgIpc) is 2.86. The minimum absolute atomic E-state index is 0.142. The first-order chi connectivity index (χ1) is 10.2. The molecule has 1 aromatic carbocycles. The van der Waals surface area contributed by atoms with Gasteiger partial charge in [0.1, 0.15) is 0 Å². The van der Waals surface area contributed by atoms with Crippen molar-refractivity contribution < 1.29 is 0 Å². The third kappa shape index (κ3) is 2.92. The minimum Gasteiger partial charge on any atom is -0.398 e. The van der Waals surface area contributed by atoms with Crippen LogP contribution in [-0.2, 0) is 6.42 Å². The lowest BCUT2D eigenvalue weighted by Gasteiger charge is -2.06. The van der Waals surface area contributed by atoms with Gasteiger partial charge >= 0.3 is 0 Å². The van der Waals surface area contributed by atoms with E-state index in [0.29, 0.717) is 10.8 Å². The maximum atomic E-state index is 11.7. The summed E-state index contributed by atoms with van der Waals surface area (Å²) in [6, 6.07) is 5.30. The van der Waals surface area contributed by atoms with Crippen LogP contribution in [0.4, 0.5) is 5.69 Å². The third-order valence-corrected chi connectivity index (χ3v) is 4.02. The number of nitrogen functional groups attached to an aromatic ring is 1. The average molecular weight is 301 g/mol. The van der Waals surface area contributed by atoms with Crippen LogP contribution >= 0.6 is 11.8 Å². The van der Waals surface area contributed by atoms with Crippen molar-refractivity contribution in [2.75, 3.05) is 5.73 Å². The Morgan fingerprint density at radius 3 is 3.00 bits per heavy atom. The van der Waals surface area contributed by atoms with Crippen molar-refractivity contribution in [1.82, 2.24) is 20.2 Å². The number of hydrogen-bond acceptors (Lipinski definition) is 5. The van der Waals surface area contributed by atoms with Crippen LogP contribution in [0.2, 0.25) is 0 Å². The summed E-state index contributed by atoms with van der Waals surface area (Å²) >= 11 is 1.35. The van der Waals surface area contributed by atoms with E-state index >= 15 is 0 Å².